The van der Waals surface area contributed by atoms with E-state index < -0.39 is 0 Å². The molecule has 1 saturated heterocycles. The number of rotatable bonds is 3. The van der Waals surface area contributed by atoms with Crippen molar-refractivity contribution in [3.63, 3.8) is 0 Å². The lowest BCUT2D eigenvalue weighted by molar-refractivity contribution is -0.114. The first-order chi connectivity index (χ1) is 5.38. The molecule has 0 bridgehead atoms. The molecule has 2 unspecified atom stereocenters. The van der Waals surface area contributed by atoms with Gasteiger partial charge >= 0.3 is 0 Å². The summed E-state index contributed by atoms with van der Waals surface area (Å²) in [4.78, 5) is 0. The second kappa shape index (κ2) is 4.70. The SMILES string of the molecule is COCC1OCCCC1OC. The van der Waals surface area contributed by atoms with E-state index in [0.29, 0.717) is 6.61 Å². The Balaban J connectivity index is 2.31. The van der Waals surface area contributed by atoms with Crippen molar-refractivity contribution in [2.24, 2.45) is 0 Å². The summed E-state index contributed by atoms with van der Waals surface area (Å²) in [6.07, 6.45) is 2.55. The summed E-state index contributed by atoms with van der Waals surface area (Å²) in [7, 11) is 3.41. The largest absolute Gasteiger partial charge is 0.382 e. The van der Waals surface area contributed by atoms with Crippen LogP contribution in [0.25, 0.3) is 0 Å². The van der Waals surface area contributed by atoms with E-state index in [9.17, 15) is 0 Å². The maximum Gasteiger partial charge on any atom is 0.107 e. The van der Waals surface area contributed by atoms with Gasteiger partial charge in [0.1, 0.15) is 6.10 Å². The molecule has 0 radical (unpaired) electrons. The van der Waals surface area contributed by atoms with E-state index in [0.717, 1.165) is 19.4 Å². The van der Waals surface area contributed by atoms with Crippen molar-refractivity contribution in [3.8, 4) is 0 Å². The van der Waals surface area contributed by atoms with Gasteiger partial charge in [-0.05, 0) is 12.8 Å². The van der Waals surface area contributed by atoms with Crippen molar-refractivity contribution in [1.29, 1.82) is 0 Å². The van der Waals surface area contributed by atoms with Gasteiger partial charge in [-0.2, -0.15) is 0 Å². The van der Waals surface area contributed by atoms with Crippen molar-refractivity contribution < 1.29 is 14.2 Å². The van der Waals surface area contributed by atoms with Crippen LogP contribution in [0.15, 0.2) is 0 Å². The Bertz CT molecular complexity index is 104. The zero-order chi connectivity index (χ0) is 8.10. The highest BCUT2D eigenvalue weighted by Gasteiger charge is 2.25. The van der Waals surface area contributed by atoms with Gasteiger partial charge in [0.2, 0.25) is 0 Å². The Hall–Kier alpha value is -0.120. The summed E-state index contributed by atoms with van der Waals surface area (Å²) < 4.78 is 15.7. The monoisotopic (exact) mass is 160 g/mol. The van der Waals surface area contributed by atoms with Gasteiger partial charge in [0, 0.05) is 20.8 Å². The van der Waals surface area contributed by atoms with Gasteiger partial charge in [-0.25, -0.2) is 0 Å². The third-order valence-corrected chi connectivity index (χ3v) is 2.01. The second-order valence-corrected chi connectivity index (χ2v) is 2.78. The molecule has 0 saturated carbocycles. The van der Waals surface area contributed by atoms with Gasteiger partial charge in [-0.15, -0.1) is 0 Å². The third kappa shape index (κ3) is 2.43. The van der Waals surface area contributed by atoms with Gasteiger partial charge in [0.05, 0.1) is 12.7 Å². The van der Waals surface area contributed by atoms with Crippen LogP contribution in [0, 0.1) is 0 Å². The molecule has 11 heavy (non-hydrogen) atoms. The molecule has 2 atom stereocenters. The highest BCUT2D eigenvalue weighted by atomic mass is 16.6. The minimum atomic E-state index is 0.138. The van der Waals surface area contributed by atoms with E-state index in [4.69, 9.17) is 14.2 Å². The maximum atomic E-state index is 5.47. The van der Waals surface area contributed by atoms with Crippen LogP contribution in [0.4, 0.5) is 0 Å². The fourth-order valence-electron chi connectivity index (χ4n) is 1.40. The van der Waals surface area contributed by atoms with Gasteiger partial charge in [-0.3, -0.25) is 0 Å². The molecular formula is C8H16O3. The van der Waals surface area contributed by atoms with Crippen LogP contribution in [0.1, 0.15) is 12.8 Å². The molecule has 0 aromatic rings. The summed E-state index contributed by atoms with van der Waals surface area (Å²) in [6.45, 7) is 1.48. The second-order valence-electron chi connectivity index (χ2n) is 2.78. The third-order valence-electron chi connectivity index (χ3n) is 2.01. The van der Waals surface area contributed by atoms with Gasteiger partial charge in [0.15, 0.2) is 0 Å². The summed E-state index contributed by atoms with van der Waals surface area (Å²) in [5.41, 5.74) is 0. The first-order valence-corrected chi connectivity index (χ1v) is 4.02. The molecule has 0 amide bonds. The molecule has 0 aromatic carbocycles. The topological polar surface area (TPSA) is 27.7 Å². The lowest BCUT2D eigenvalue weighted by Gasteiger charge is -2.29. The Labute approximate surface area is 67.6 Å². The normalized spacial score (nSPS) is 32.2. The first kappa shape index (κ1) is 8.97. The Morgan fingerprint density at radius 1 is 1.45 bits per heavy atom. The van der Waals surface area contributed by atoms with E-state index in [1.807, 2.05) is 0 Å². The van der Waals surface area contributed by atoms with Crippen LogP contribution in [0.2, 0.25) is 0 Å². The standard InChI is InChI=1S/C8H16O3/c1-9-6-8-7(10-2)4-3-5-11-8/h7-8H,3-6H2,1-2H3. The molecule has 1 fully saturated rings. The molecule has 0 aromatic heterocycles. The quantitative estimate of drug-likeness (QED) is 0.612. The zero-order valence-corrected chi connectivity index (χ0v) is 7.21. The summed E-state index contributed by atoms with van der Waals surface area (Å²) in [6, 6.07) is 0. The van der Waals surface area contributed by atoms with E-state index in [-0.39, 0.29) is 12.2 Å². The molecule has 1 aliphatic heterocycles. The fourth-order valence-corrected chi connectivity index (χ4v) is 1.40. The van der Waals surface area contributed by atoms with E-state index >= 15 is 0 Å². The fraction of sp³-hybridized carbons (Fsp3) is 1.00. The number of ether oxygens (including phenoxy) is 3. The summed E-state index contributed by atoms with van der Waals surface area (Å²) in [5, 5.41) is 0. The molecule has 0 N–H and O–H groups in total. The van der Waals surface area contributed by atoms with Crippen molar-refractivity contribution >= 4 is 0 Å². The van der Waals surface area contributed by atoms with Crippen molar-refractivity contribution in [3.05, 3.63) is 0 Å². The molecule has 1 rings (SSSR count). The minimum absolute atomic E-state index is 0.138. The summed E-state index contributed by atoms with van der Waals surface area (Å²) >= 11 is 0. The van der Waals surface area contributed by atoms with Crippen molar-refractivity contribution in [2.45, 2.75) is 25.0 Å². The molecule has 3 heteroatoms. The van der Waals surface area contributed by atoms with Crippen molar-refractivity contribution in [1.82, 2.24) is 0 Å². The molecule has 0 spiro atoms. The molecule has 66 valence electrons. The Morgan fingerprint density at radius 3 is 2.91 bits per heavy atom. The lowest BCUT2D eigenvalue weighted by Crippen LogP contribution is -2.38. The highest BCUT2D eigenvalue weighted by molar-refractivity contribution is 4.74. The first-order valence-electron chi connectivity index (χ1n) is 4.02. The molecular weight excluding hydrogens is 144 g/mol. The predicted molar refractivity (Wildman–Crippen MR) is 41.6 cm³/mol. The summed E-state index contributed by atoms with van der Waals surface area (Å²) in [5.74, 6) is 0. The minimum Gasteiger partial charge on any atom is -0.382 e. The Morgan fingerprint density at radius 2 is 2.27 bits per heavy atom. The van der Waals surface area contributed by atoms with Crippen LogP contribution in [-0.4, -0.2) is 39.6 Å². The average molecular weight is 160 g/mol. The number of hydrogen-bond donors (Lipinski definition) is 0. The predicted octanol–water partition coefficient (Wildman–Crippen LogP) is 0.827. The number of hydrogen-bond acceptors (Lipinski definition) is 3. The number of methoxy groups -OCH3 is 2. The van der Waals surface area contributed by atoms with E-state index in [2.05, 4.69) is 0 Å². The van der Waals surface area contributed by atoms with Gasteiger partial charge < -0.3 is 14.2 Å². The van der Waals surface area contributed by atoms with Crippen LogP contribution < -0.4 is 0 Å². The zero-order valence-electron chi connectivity index (χ0n) is 7.21. The smallest absolute Gasteiger partial charge is 0.107 e. The van der Waals surface area contributed by atoms with E-state index in [1.54, 1.807) is 14.2 Å². The van der Waals surface area contributed by atoms with Gasteiger partial charge in [0.25, 0.3) is 0 Å². The molecule has 1 heterocycles. The molecule has 1 aliphatic rings. The van der Waals surface area contributed by atoms with Gasteiger partial charge in [-0.1, -0.05) is 0 Å². The molecule has 3 nitrogen and oxygen atoms in total. The Kier molecular flexibility index (Phi) is 3.83. The van der Waals surface area contributed by atoms with Crippen LogP contribution >= 0.6 is 0 Å². The highest BCUT2D eigenvalue weighted by Crippen LogP contribution is 2.16. The lowest BCUT2D eigenvalue weighted by atomic mass is 10.1. The van der Waals surface area contributed by atoms with Crippen LogP contribution in [-0.2, 0) is 14.2 Å². The van der Waals surface area contributed by atoms with E-state index in [1.165, 1.54) is 0 Å². The average Bonchev–Trinajstić information content (AvgIpc) is 2.06. The van der Waals surface area contributed by atoms with Crippen molar-refractivity contribution in [2.75, 3.05) is 27.4 Å². The maximum absolute atomic E-state index is 5.47. The van der Waals surface area contributed by atoms with Crippen LogP contribution in [0.3, 0.4) is 0 Å². The van der Waals surface area contributed by atoms with Crippen LogP contribution in [0.5, 0.6) is 0 Å². The molecule has 0 aliphatic carbocycles.